The van der Waals surface area contributed by atoms with E-state index in [0.717, 1.165) is 10.1 Å². The van der Waals surface area contributed by atoms with Crippen molar-refractivity contribution in [2.45, 2.75) is 0 Å². The molecule has 0 bridgehead atoms. The van der Waals surface area contributed by atoms with Crippen molar-refractivity contribution < 1.29 is 67.4 Å². The fourth-order valence-electron chi connectivity index (χ4n) is 0. The van der Waals surface area contributed by atoms with Gasteiger partial charge in [-0.25, -0.2) is 0 Å². The molecule has 0 aromatic heterocycles. The molecule has 0 aromatic carbocycles. The van der Waals surface area contributed by atoms with Crippen molar-refractivity contribution in [3.63, 3.8) is 0 Å². The summed E-state index contributed by atoms with van der Waals surface area (Å²) >= 11 is 0. The quantitative estimate of drug-likeness (QED) is 0.421. The minimum absolute atomic E-state index is 0. The molecule has 0 atom stereocenters. The molecule has 0 aliphatic carbocycles. The molecule has 6 heteroatoms. The Morgan fingerprint density at radius 2 is 1.17 bits per heavy atom. The molecule has 0 heterocycles. The summed E-state index contributed by atoms with van der Waals surface area (Å²) in [5, 5.41) is 0. The average Bonchev–Trinajstić information content (AvgIpc) is 1.00. The third-order valence-electron chi connectivity index (χ3n) is 0. The zero-order valence-electron chi connectivity index (χ0n) is 3.28. The van der Waals surface area contributed by atoms with Crippen molar-refractivity contribution in [2.75, 3.05) is 0 Å². The summed E-state index contributed by atoms with van der Waals surface area (Å²) in [5.74, 6) is 0. The number of hydrogen-bond acceptors (Lipinski definition) is 0. The molecule has 26 valence electrons. The van der Waals surface area contributed by atoms with Gasteiger partial charge in [0.25, 0.3) is 0 Å². The van der Waals surface area contributed by atoms with Gasteiger partial charge >= 0.3 is 0 Å². The molecule has 2 radical (unpaired) electrons. The predicted octanol–water partition coefficient (Wildman–Crippen LogP) is -2.76. The Morgan fingerprint density at radius 3 is 1.17 bits per heavy atom. The maximum absolute atomic E-state index is 4.64. The zero-order valence-corrected chi connectivity index (χ0v) is 12.3. The van der Waals surface area contributed by atoms with Gasteiger partial charge in [0.1, 0.15) is 0 Å². The smallest absolute Gasteiger partial charge is 0.0388 e. The molecular weight excluding hydrogens is 270 g/mol. The van der Waals surface area contributed by atoms with Gasteiger partial charge in [0.15, 0.2) is 17.4 Å². The average molecular weight is 276 g/mol. The summed E-state index contributed by atoms with van der Waals surface area (Å²) in [6, 6.07) is 0. The van der Waals surface area contributed by atoms with Gasteiger partial charge in [0.2, 0.25) is 0 Å². The molecule has 0 rings (SSSR count). The fourth-order valence-corrected chi connectivity index (χ4v) is 0. The molecule has 6 heavy (non-hydrogen) atoms. The summed E-state index contributed by atoms with van der Waals surface area (Å²) in [7, 11) is 5.44. The van der Waals surface area contributed by atoms with Crippen molar-refractivity contribution in [2.24, 2.45) is 0 Å². The standard InChI is InChI=1S/Al.BH3Si.Ti.Zn.Zr.3H/c;1-2;;;;;;/h;2H3;;;;;;. The van der Waals surface area contributed by atoms with Crippen LogP contribution in [0, 0.1) is 0 Å². The molecule has 0 fully saturated rings. The van der Waals surface area contributed by atoms with E-state index in [9.17, 15) is 0 Å². The van der Waals surface area contributed by atoms with E-state index in [0.29, 0.717) is 0 Å². The van der Waals surface area contributed by atoms with Gasteiger partial charge in [0, 0.05) is 74.8 Å². The van der Waals surface area contributed by atoms with E-state index in [1.165, 1.54) is 0 Å². The van der Waals surface area contributed by atoms with Crippen LogP contribution in [0.1, 0.15) is 0 Å². The molecule has 0 aliphatic heterocycles. The van der Waals surface area contributed by atoms with Crippen LogP contribution in [0.4, 0.5) is 0 Å². The second-order valence-electron chi connectivity index (χ2n) is 0. The summed E-state index contributed by atoms with van der Waals surface area (Å²) in [5.41, 5.74) is 0. The van der Waals surface area contributed by atoms with Crippen molar-refractivity contribution in [1.82, 2.24) is 0 Å². The predicted molar refractivity (Wildman–Crippen MR) is 25.6 cm³/mol. The molecule has 0 aliphatic rings. The summed E-state index contributed by atoms with van der Waals surface area (Å²) in [6.07, 6.45) is 0. The molecule has 0 aromatic rings. The van der Waals surface area contributed by atoms with Crippen LogP contribution in [0.3, 0.4) is 0 Å². The third-order valence-corrected chi connectivity index (χ3v) is 0. The topological polar surface area (TPSA) is 0 Å². The normalized spacial score (nSPS) is 1.33. The Bertz CT molecular complexity index is 15.5. The van der Waals surface area contributed by atoms with Crippen molar-refractivity contribution in [1.29, 1.82) is 0 Å². The van der Waals surface area contributed by atoms with E-state index < -0.39 is 0 Å². The minimum Gasteiger partial charge on any atom is -0.0388 e. The van der Waals surface area contributed by atoms with Crippen LogP contribution in [-0.4, -0.2) is 34.9 Å². The van der Waals surface area contributed by atoms with Crippen LogP contribution in [-0.2, 0) is 67.4 Å². The summed E-state index contributed by atoms with van der Waals surface area (Å²) < 4.78 is 0. The van der Waals surface area contributed by atoms with E-state index >= 15 is 0 Å². The van der Waals surface area contributed by atoms with E-state index in [-0.39, 0.29) is 84.8 Å². The van der Waals surface area contributed by atoms with Crippen LogP contribution in [0.15, 0.2) is 0 Å². The van der Waals surface area contributed by atoms with Gasteiger partial charge in [-0.15, -0.1) is 0 Å². The Balaban J connectivity index is -0.000000000833. The van der Waals surface area contributed by atoms with Crippen molar-refractivity contribution in [3.05, 3.63) is 0 Å². The zero-order chi connectivity index (χ0) is 2.00. The number of hydrogen-bond donors (Lipinski definition) is 0. The molecule has 0 saturated heterocycles. The van der Waals surface area contributed by atoms with Crippen LogP contribution in [0.5, 0.6) is 0 Å². The SMILES string of the molecule is [AlH3].[B][SiH3].[Ti].[Zn].[Zr]. The molecule has 0 nitrogen and oxygen atoms in total. The van der Waals surface area contributed by atoms with Gasteiger partial charge in [-0.2, -0.15) is 0 Å². The van der Waals surface area contributed by atoms with Crippen molar-refractivity contribution in [3.8, 4) is 0 Å². The van der Waals surface area contributed by atoms with Crippen LogP contribution < -0.4 is 0 Å². The Hall–Kier alpha value is 3.04. The second-order valence-corrected chi connectivity index (χ2v) is 0. The van der Waals surface area contributed by atoms with Gasteiger partial charge in [0.05, 0.1) is 0 Å². The van der Waals surface area contributed by atoms with Gasteiger partial charge < -0.3 is 0 Å². The number of rotatable bonds is 0. The first-order valence-electron chi connectivity index (χ1n) is 0.577. The minimum atomic E-state index is 0. The fraction of sp³-hybridized carbons (Fsp3) is 0. The molecule has 0 amide bonds. The first-order valence-corrected chi connectivity index (χ1v) is 1.73. The van der Waals surface area contributed by atoms with Crippen LogP contribution in [0.2, 0.25) is 0 Å². The maximum atomic E-state index is 4.64. The molecular formula is H6AlBSiTiZnZr. The Morgan fingerprint density at radius 1 is 1.17 bits per heavy atom. The van der Waals surface area contributed by atoms with Gasteiger partial charge in [-0.1, -0.05) is 0 Å². The first kappa shape index (κ1) is 35.8. The largest absolute Gasteiger partial charge is 0.187 e. The summed E-state index contributed by atoms with van der Waals surface area (Å²) in [4.78, 5) is 0. The van der Waals surface area contributed by atoms with Gasteiger partial charge in [-0.05, 0) is 10.1 Å². The van der Waals surface area contributed by atoms with Crippen molar-refractivity contribution >= 4 is 34.9 Å². The molecule has 0 spiro atoms. The molecule has 0 saturated carbocycles. The maximum Gasteiger partial charge on any atom is 0.187 e. The summed E-state index contributed by atoms with van der Waals surface area (Å²) in [6.45, 7) is 0. The van der Waals surface area contributed by atoms with E-state index in [4.69, 9.17) is 0 Å². The van der Waals surface area contributed by atoms with Gasteiger partial charge in [-0.3, -0.25) is 0 Å². The third kappa shape index (κ3) is 27.8. The first-order chi connectivity index (χ1) is 1.00. The Kier molecular flexibility index (Phi) is 258. The Labute approximate surface area is 101 Å². The second kappa shape index (κ2) is 43.2. The molecule has 0 N–H and O–H groups in total. The monoisotopic (exact) mass is 274 g/mol. The van der Waals surface area contributed by atoms with E-state index in [2.05, 4.69) is 7.44 Å². The molecule has 0 unspecified atom stereocenters. The van der Waals surface area contributed by atoms with E-state index in [1.807, 2.05) is 0 Å². The van der Waals surface area contributed by atoms with Crippen LogP contribution >= 0.6 is 0 Å². The van der Waals surface area contributed by atoms with Crippen LogP contribution in [0.25, 0.3) is 0 Å². The van der Waals surface area contributed by atoms with E-state index in [1.54, 1.807) is 0 Å².